The van der Waals surface area contributed by atoms with Gasteiger partial charge in [0.15, 0.2) is 5.75 Å². The van der Waals surface area contributed by atoms with E-state index in [1.807, 2.05) is 30.9 Å². The van der Waals surface area contributed by atoms with Crippen LogP contribution in [0.15, 0.2) is 24.7 Å². The molecule has 4 heterocycles. The molecule has 0 radical (unpaired) electrons. The van der Waals surface area contributed by atoms with Crippen molar-refractivity contribution >= 4 is 6.09 Å². The van der Waals surface area contributed by atoms with E-state index in [9.17, 15) is 4.79 Å². The Balaban J connectivity index is 1.24. The second-order valence-corrected chi connectivity index (χ2v) is 8.82. The third-order valence-electron chi connectivity index (χ3n) is 6.48. The van der Waals surface area contributed by atoms with Crippen molar-refractivity contribution in [1.82, 2.24) is 19.9 Å². The van der Waals surface area contributed by atoms with E-state index in [0.29, 0.717) is 30.0 Å². The molecule has 2 saturated heterocycles. The minimum Gasteiger partial charge on any atom is -0.474 e. The lowest BCUT2D eigenvalue weighted by atomic mass is 10.0. The van der Waals surface area contributed by atoms with Crippen molar-refractivity contribution in [3.05, 3.63) is 35.9 Å². The van der Waals surface area contributed by atoms with Gasteiger partial charge >= 0.3 is 6.09 Å². The molecule has 1 amide bonds. The Bertz CT molecular complexity index is 950. The van der Waals surface area contributed by atoms with E-state index in [0.717, 1.165) is 36.9 Å². The molecule has 31 heavy (non-hydrogen) atoms. The number of amides is 1. The lowest BCUT2D eigenvalue weighted by Gasteiger charge is -2.38. The van der Waals surface area contributed by atoms with E-state index >= 15 is 0 Å². The van der Waals surface area contributed by atoms with Gasteiger partial charge in [-0.15, -0.1) is 0 Å². The molecule has 0 N–H and O–H groups in total. The van der Waals surface area contributed by atoms with Gasteiger partial charge in [-0.3, -0.25) is 4.98 Å². The summed E-state index contributed by atoms with van der Waals surface area (Å²) in [7, 11) is 0. The molecule has 3 fully saturated rings. The number of rotatable bonds is 6. The maximum absolute atomic E-state index is 12.6. The van der Waals surface area contributed by atoms with E-state index in [4.69, 9.17) is 14.2 Å². The van der Waals surface area contributed by atoms with Gasteiger partial charge in [0.2, 0.25) is 11.8 Å². The van der Waals surface area contributed by atoms with Crippen molar-refractivity contribution in [2.45, 2.75) is 70.6 Å². The zero-order chi connectivity index (χ0) is 21.4. The summed E-state index contributed by atoms with van der Waals surface area (Å²) >= 11 is 0. The summed E-state index contributed by atoms with van der Waals surface area (Å²) in [6.07, 6.45) is 8.98. The molecule has 3 aliphatic rings. The topological polar surface area (TPSA) is 86.7 Å². The number of carbonyl (C=O) groups excluding carboxylic acids is 1. The lowest BCUT2D eigenvalue weighted by molar-refractivity contribution is 0.0301. The standard InChI is InChI=1S/C23H28N4O4/c1-14-21(25-13-26-22(14)31-20-4-3-9-24-15(20)2)30-19-10-17-7-8-18(11-19)27(17)23(28)29-12-16-5-6-16/h3-4,9,13,16-19H,5-8,10-12H2,1-2H3/t17-,18+,19?. The zero-order valence-electron chi connectivity index (χ0n) is 18.0. The largest absolute Gasteiger partial charge is 0.474 e. The van der Waals surface area contributed by atoms with Crippen molar-refractivity contribution in [1.29, 1.82) is 0 Å². The SMILES string of the molecule is Cc1ncccc1Oc1ncnc(OC2C[C@H]3CC[C@@H](C2)N3C(=O)OCC2CC2)c1C. The van der Waals surface area contributed by atoms with Gasteiger partial charge in [-0.1, -0.05) is 0 Å². The smallest absolute Gasteiger partial charge is 0.410 e. The summed E-state index contributed by atoms with van der Waals surface area (Å²) in [5.41, 5.74) is 1.55. The van der Waals surface area contributed by atoms with E-state index in [1.54, 1.807) is 6.20 Å². The van der Waals surface area contributed by atoms with Crippen LogP contribution in [0.25, 0.3) is 0 Å². The molecule has 1 saturated carbocycles. The monoisotopic (exact) mass is 424 g/mol. The van der Waals surface area contributed by atoms with Gasteiger partial charge in [0.05, 0.1) is 17.9 Å². The molecule has 164 valence electrons. The van der Waals surface area contributed by atoms with Crippen LogP contribution in [0.3, 0.4) is 0 Å². The van der Waals surface area contributed by atoms with Crippen LogP contribution in [0.1, 0.15) is 49.8 Å². The van der Waals surface area contributed by atoms with E-state index < -0.39 is 0 Å². The van der Waals surface area contributed by atoms with Crippen LogP contribution in [0, 0.1) is 19.8 Å². The Morgan fingerprint density at radius 3 is 2.52 bits per heavy atom. The summed E-state index contributed by atoms with van der Waals surface area (Å²) < 4.78 is 17.8. The molecule has 8 nitrogen and oxygen atoms in total. The number of ether oxygens (including phenoxy) is 3. The first-order chi connectivity index (χ1) is 15.1. The zero-order valence-corrected chi connectivity index (χ0v) is 18.0. The molecule has 2 aromatic rings. The number of fused-ring (bicyclic) bond motifs is 2. The molecule has 2 aromatic heterocycles. The molecule has 5 rings (SSSR count). The van der Waals surface area contributed by atoms with Crippen LogP contribution in [-0.2, 0) is 4.74 Å². The van der Waals surface area contributed by atoms with Gasteiger partial charge in [-0.25, -0.2) is 14.8 Å². The Kier molecular flexibility index (Phi) is 5.38. The molecular formula is C23H28N4O4. The summed E-state index contributed by atoms with van der Waals surface area (Å²) in [5, 5.41) is 0. The maximum Gasteiger partial charge on any atom is 0.410 e. The first-order valence-electron chi connectivity index (χ1n) is 11.1. The fraction of sp³-hybridized carbons (Fsp3) is 0.565. The number of hydrogen-bond donors (Lipinski definition) is 0. The maximum atomic E-state index is 12.6. The second kappa shape index (κ2) is 8.32. The average Bonchev–Trinajstić information content (AvgIpc) is 3.55. The summed E-state index contributed by atoms with van der Waals surface area (Å²) in [5.74, 6) is 2.23. The lowest BCUT2D eigenvalue weighted by Crippen LogP contribution is -2.49. The van der Waals surface area contributed by atoms with E-state index in [2.05, 4.69) is 15.0 Å². The van der Waals surface area contributed by atoms with Crippen LogP contribution in [0.5, 0.6) is 17.5 Å². The van der Waals surface area contributed by atoms with Crippen LogP contribution in [-0.4, -0.2) is 50.7 Å². The number of aromatic nitrogens is 3. The van der Waals surface area contributed by atoms with Gasteiger partial charge < -0.3 is 19.1 Å². The highest BCUT2D eigenvalue weighted by Crippen LogP contribution is 2.39. The number of aryl methyl sites for hydroxylation is 1. The van der Waals surface area contributed by atoms with Crippen LogP contribution in [0.2, 0.25) is 0 Å². The third-order valence-corrected chi connectivity index (χ3v) is 6.48. The van der Waals surface area contributed by atoms with Crippen molar-refractivity contribution < 1.29 is 19.0 Å². The number of hydrogen-bond acceptors (Lipinski definition) is 7. The van der Waals surface area contributed by atoms with Crippen molar-refractivity contribution in [3.63, 3.8) is 0 Å². The van der Waals surface area contributed by atoms with Gasteiger partial charge in [0.25, 0.3) is 0 Å². The highest BCUT2D eigenvalue weighted by atomic mass is 16.6. The molecule has 2 aliphatic heterocycles. The first-order valence-corrected chi connectivity index (χ1v) is 11.1. The molecule has 0 spiro atoms. The summed E-state index contributed by atoms with van der Waals surface area (Å²) in [6, 6.07) is 4.04. The third kappa shape index (κ3) is 4.29. The first kappa shape index (κ1) is 20.0. The predicted octanol–water partition coefficient (Wildman–Crippen LogP) is 4.20. The molecule has 2 bridgehead atoms. The normalized spacial score (nSPS) is 24.7. The molecule has 3 atom stereocenters. The van der Waals surface area contributed by atoms with Crippen molar-refractivity contribution in [3.8, 4) is 17.5 Å². The second-order valence-electron chi connectivity index (χ2n) is 8.82. The fourth-order valence-electron chi connectivity index (χ4n) is 4.55. The highest BCUT2D eigenvalue weighted by Gasteiger charge is 2.45. The highest BCUT2D eigenvalue weighted by molar-refractivity contribution is 5.69. The van der Waals surface area contributed by atoms with Gasteiger partial charge in [0, 0.05) is 31.1 Å². The Hall–Kier alpha value is -2.90. The van der Waals surface area contributed by atoms with Crippen molar-refractivity contribution in [2.24, 2.45) is 5.92 Å². The number of carbonyl (C=O) groups is 1. The van der Waals surface area contributed by atoms with Crippen LogP contribution < -0.4 is 9.47 Å². The van der Waals surface area contributed by atoms with Crippen LogP contribution in [0.4, 0.5) is 4.79 Å². The minimum absolute atomic E-state index is 0.00607. The molecule has 1 unspecified atom stereocenters. The molecule has 0 aromatic carbocycles. The average molecular weight is 425 g/mol. The molecular weight excluding hydrogens is 396 g/mol. The Morgan fingerprint density at radius 2 is 1.81 bits per heavy atom. The molecule has 1 aliphatic carbocycles. The fourth-order valence-corrected chi connectivity index (χ4v) is 4.55. The number of piperidine rings is 1. The van der Waals surface area contributed by atoms with Gasteiger partial charge in [-0.2, -0.15) is 0 Å². The van der Waals surface area contributed by atoms with Crippen LogP contribution >= 0.6 is 0 Å². The van der Waals surface area contributed by atoms with Gasteiger partial charge in [0.1, 0.15) is 12.4 Å². The van der Waals surface area contributed by atoms with E-state index in [-0.39, 0.29) is 24.3 Å². The minimum atomic E-state index is -0.154. The summed E-state index contributed by atoms with van der Waals surface area (Å²) in [4.78, 5) is 27.4. The Morgan fingerprint density at radius 1 is 1.06 bits per heavy atom. The number of nitrogens with zero attached hydrogens (tertiary/aromatic N) is 4. The van der Waals surface area contributed by atoms with E-state index in [1.165, 1.54) is 19.2 Å². The number of pyridine rings is 1. The molecule has 8 heteroatoms. The summed E-state index contributed by atoms with van der Waals surface area (Å²) in [6.45, 7) is 4.35. The van der Waals surface area contributed by atoms with Crippen molar-refractivity contribution in [2.75, 3.05) is 6.61 Å². The Labute approximate surface area is 182 Å². The predicted molar refractivity (Wildman–Crippen MR) is 112 cm³/mol. The van der Waals surface area contributed by atoms with Gasteiger partial charge in [-0.05, 0) is 57.6 Å². The quantitative estimate of drug-likeness (QED) is 0.687.